The van der Waals surface area contributed by atoms with Crippen LogP contribution >= 0.6 is 0 Å². The molecule has 0 radical (unpaired) electrons. The molecule has 0 N–H and O–H groups in total. The number of hydrogen-bond donors (Lipinski definition) is 0. The van der Waals surface area contributed by atoms with Crippen molar-refractivity contribution in [2.75, 3.05) is 12.9 Å². The zero-order chi connectivity index (χ0) is 12.0. The molecular weight excluding hydrogens is 228 g/mol. The molecule has 0 bridgehead atoms. The van der Waals surface area contributed by atoms with Gasteiger partial charge in [0, 0.05) is 6.42 Å². The highest BCUT2D eigenvalue weighted by atomic mass is 32.2. The van der Waals surface area contributed by atoms with Gasteiger partial charge < -0.3 is 0 Å². The van der Waals surface area contributed by atoms with E-state index < -0.39 is 10.1 Å². The minimum atomic E-state index is -3.52. The standard InChI is InChI=1S/C11H14O4S/c1-16(13,14)15-9-11(12)8-7-10-5-3-2-4-6-10/h2-6H,7-9H2,1H3. The van der Waals surface area contributed by atoms with E-state index in [1.807, 2.05) is 30.3 Å². The summed E-state index contributed by atoms with van der Waals surface area (Å²) in [5, 5.41) is 0. The predicted octanol–water partition coefficient (Wildman–Crippen LogP) is 1.16. The fourth-order valence-corrected chi connectivity index (χ4v) is 1.52. The van der Waals surface area contributed by atoms with Crippen molar-refractivity contribution in [1.82, 2.24) is 0 Å². The van der Waals surface area contributed by atoms with Gasteiger partial charge in [0.05, 0.1) is 6.26 Å². The molecule has 1 aromatic carbocycles. The molecule has 0 aliphatic carbocycles. The maximum Gasteiger partial charge on any atom is 0.264 e. The number of hydrogen-bond acceptors (Lipinski definition) is 4. The van der Waals surface area contributed by atoms with Crippen LogP contribution in [0.15, 0.2) is 30.3 Å². The zero-order valence-electron chi connectivity index (χ0n) is 9.05. The largest absolute Gasteiger partial charge is 0.297 e. The molecular formula is C11H14O4S. The molecule has 0 aliphatic heterocycles. The summed E-state index contributed by atoms with van der Waals surface area (Å²) < 4.78 is 25.7. The van der Waals surface area contributed by atoms with E-state index in [1.54, 1.807) is 0 Å². The van der Waals surface area contributed by atoms with Gasteiger partial charge in [-0.25, -0.2) is 0 Å². The third kappa shape index (κ3) is 5.63. The average molecular weight is 242 g/mol. The maximum atomic E-state index is 11.3. The zero-order valence-corrected chi connectivity index (χ0v) is 9.87. The van der Waals surface area contributed by atoms with E-state index in [2.05, 4.69) is 4.18 Å². The Bertz CT molecular complexity index is 436. The van der Waals surface area contributed by atoms with Crippen molar-refractivity contribution in [3.63, 3.8) is 0 Å². The number of rotatable bonds is 6. The van der Waals surface area contributed by atoms with E-state index in [9.17, 15) is 13.2 Å². The Labute approximate surface area is 95.4 Å². The SMILES string of the molecule is CS(=O)(=O)OCC(=O)CCc1ccccc1. The van der Waals surface area contributed by atoms with Crippen LogP contribution in [0.3, 0.4) is 0 Å². The molecule has 0 aliphatic rings. The van der Waals surface area contributed by atoms with E-state index in [4.69, 9.17) is 0 Å². The number of benzene rings is 1. The third-order valence-electron chi connectivity index (χ3n) is 1.97. The molecule has 88 valence electrons. The van der Waals surface area contributed by atoms with Crippen molar-refractivity contribution < 1.29 is 17.4 Å². The molecule has 0 fully saturated rings. The van der Waals surface area contributed by atoms with Gasteiger partial charge in [-0.1, -0.05) is 30.3 Å². The molecule has 1 rings (SSSR count). The van der Waals surface area contributed by atoms with Crippen molar-refractivity contribution in [3.8, 4) is 0 Å². The number of Topliss-reactive ketones (excluding diaryl/α,β-unsaturated/α-hetero) is 1. The normalized spacial score (nSPS) is 11.3. The topological polar surface area (TPSA) is 60.4 Å². The highest BCUT2D eigenvalue weighted by molar-refractivity contribution is 7.86. The monoisotopic (exact) mass is 242 g/mol. The lowest BCUT2D eigenvalue weighted by Gasteiger charge is -2.01. The second-order valence-electron chi connectivity index (χ2n) is 3.49. The van der Waals surface area contributed by atoms with Crippen LogP contribution in [0, 0.1) is 0 Å². The van der Waals surface area contributed by atoms with Crippen molar-refractivity contribution in [2.45, 2.75) is 12.8 Å². The number of carbonyl (C=O) groups excluding carboxylic acids is 1. The molecule has 0 amide bonds. The first kappa shape index (κ1) is 12.9. The third-order valence-corrected chi connectivity index (χ3v) is 2.52. The first-order valence-corrected chi connectivity index (χ1v) is 6.69. The van der Waals surface area contributed by atoms with E-state index in [1.165, 1.54) is 0 Å². The Morgan fingerprint density at radius 1 is 1.25 bits per heavy atom. The van der Waals surface area contributed by atoms with Gasteiger partial charge in [-0.2, -0.15) is 8.42 Å². The minimum absolute atomic E-state index is 0.214. The van der Waals surface area contributed by atoms with E-state index in [0.29, 0.717) is 12.8 Å². The van der Waals surface area contributed by atoms with Crippen LogP contribution in [0.25, 0.3) is 0 Å². The first-order valence-electron chi connectivity index (χ1n) is 4.87. The highest BCUT2D eigenvalue weighted by Crippen LogP contribution is 2.03. The lowest BCUT2D eigenvalue weighted by atomic mass is 10.1. The van der Waals surface area contributed by atoms with Crippen LogP contribution in [-0.4, -0.2) is 27.1 Å². The van der Waals surface area contributed by atoms with Gasteiger partial charge in [-0.15, -0.1) is 0 Å². The van der Waals surface area contributed by atoms with Gasteiger partial charge in [0.1, 0.15) is 6.61 Å². The second kappa shape index (κ2) is 5.77. The summed E-state index contributed by atoms with van der Waals surface area (Å²) in [6, 6.07) is 9.53. The summed E-state index contributed by atoms with van der Waals surface area (Å²) in [5.41, 5.74) is 1.05. The lowest BCUT2D eigenvalue weighted by Crippen LogP contribution is -2.13. The molecule has 0 aromatic heterocycles. The highest BCUT2D eigenvalue weighted by Gasteiger charge is 2.07. The van der Waals surface area contributed by atoms with Gasteiger partial charge >= 0.3 is 0 Å². The molecule has 0 unspecified atom stereocenters. The predicted molar refractivity (Wildman–Crippen MR) is 60.6 cm³/mol. The number of ketones is 1. The van der Waals surface area contributed by atoms with Crippen LogP contribution in [0.1, 0.15) is 12.0 Å². The summed E-state index contributed by atoms with van der Waals surface area (Å²) in [4.78, 5) is 11.3. The molecule has 0 atom stereocenters. The van der Waals surface area contributed by atoms with Gasteiger partial charge in [-0.3, -0.25) is 8.98 Å². The van der Waals surface area contributed by atoms with Gasteiger partial charge in [0.15, 0.2) is 5.78 Å². The molecule has 0 saturated heterocycles. The van der Waals surface area contributed by atoms with E-state index in [0.717, 1.165) is 11.8 Å². The van der Waals surface area contributed by atoms with E-state index >= 15 is 0 Å². The van der Waals surface area contributed by atoms with Crippen LogP contribution in [0.5, 0.6) is 0 Å². The maximum absolute atomic E-state index is 11.3. The van der Waals surface area contributed by atoms with E-state index in [-0.39, 0.29) is 12.4 Å². The van der Waals surface area contributed by atoms with Crippen molar-refractivity contribution >= 4 is 15.9 Å². The van der Waals surface area contributed by atoms with Gasteiger partial charge in [-0.05, 0) is 12.0 Å². The Hall–Kier alpha value is -1.20. The smallest absolute Gasteiger partial charge is 0.264 e. The van der Waals surface area contributed by atoms with Crippen molar-refractivity contribution in [2.24, 2.45) is 0 Å². The van der Waals surface area contributed by atoms with Gasteiger partial charge in [0.2, 0.25) is 0 Å². The quantitative estimate of drug-likeness (QED) is 0.702. The average Bonchev–Trinajstić information content (AvgIpc) is 2.24. The fraction of sp³-hybridized carbons (Fsp3) is 0.364. The molecule has 5 heteroatoms. The summed E-state index contributed by atoms with van der Waals surface area (Å²) in [6.07, 6.45) is 1.82. The molecule has 0 saturated carbocycles. The molecule has 0 spiro atoms. The van der Waals surface area contributed by atoms with Crippen LogP contribution in [0.2, 0.25) is 0 Å². The first-order chi connectivity index (χ1) is 7.47. The van der Waals surface area contributed by atoms with Crippen LogP contribution in [0.4, 0.5) is 0 Å². The molecule has 1 aromatic rings. The van der Waals surface area contributed by atoms with Crippen molar-refractivity contribution in [1.29, 1.82) is 0 Å². The summed E-state index contributed by atoms with van der Waals surface area (Å²) in [6.45, 7) is -0.369. The molecule has 16 heavy (non-hydrogen) atoms. The van der Waals surface area contributed by atoms with Crippen LogP contribution < -0.4 is 0 Å². The Morgan fingerprint density at radius 2 is 1.88 bits per heavy atom. The second-order valence-corrected chi connectivity index (χ2v) is 5.13. The van der Waals surface area contributed by atoms with Gasteiger partial charge in [0.25, 0.3) is 10.1 Å². The lowest BCUT2D eigenvalue weighted by molar-refractivity contribution is -0.120. The number of carbonyl (C=O) groups is 1. The van der Waals surface area contributed by atoms with Crippen molar-refractivity contribution in [3.05, 3.63) is 35.9 Å². The summed E-state index contributed by atoms with van der Waals surface area (Å²) >= 11 is 0. The Morgan fingerprint density at radius 3 is 2.44 bits per heavy atom. The molecule has 4 nitrogen and oxygen atoms in total. The van der Waals surface area contributed by atoms with Crippen LogP contribution in [-0.2, 0) is 25.5 Å². The number of aryl methyl sites for hydroxylation is 1. The fourth-order valence-electron chi connectivity index (χ4n) is 1.17. The Kier molecular flexibility index (Phi) is 4.64. The Balaban J connectivity index is 2.31. The summed E-state index contributed by atoms with van der Waals surface area (Å²) in [5.74, 6) is -0.214. The minimum Gasteiger partial charge on any atom is -0.297 e. The summed E-state index contributed by atoms with van der Waals surface area (Å²) in [7, 11) is -3.52. The molecule has 0 heterocycles.